The lowest BCUT2D eigenvalue weighted by Crippen LogP contribution is -2.53. The normalized spacial score (nSPS) is 16.5. The zero-order chi connectivity index (χ0) is 27.5. The summed E-state index contributed by atoms with van der Waals surface area (Å²) in [7, 11) is -3.46. The number of hydrogen-bond donors (Lipinski definition) is 1. The maximum Gasteiger partial charge on any atom is 0.256 e. The number of nitrogens with one attached hydrogen (secondary N) is 1. The zero-order valence-corrected chi connectivity index (χ0v) is 23.1. The lowest BCUT2D eigenvalue weighted by atomic mass is 9.75. The number of rotatable bonds is 8. The molecule has 202 valence electrons. The van der Waals surface area contributed by atoms with Gasteiger partial charge in [0.15, 0.2) is 11.6 Å². The van der Waals surface area contributed by atoms with Gasteiger partial charge in [0, 0.05) is 43.5 Å². The SMILES string of the molecule is CC(C)n1nc(N2CC(C(C)(C)C#N)C2)c2cnc(Nc3ccnc(-c4cnn(S(=O)(=O)C5CC5)c4)n3)cc21. The molecule has 5 heterocycles. The molecule has 1 aliphatic heterocycles. The molecule has 4 aromatic rings. The van der Waals surface area contributed by atoms with Crippen LogP contribution in [-0.4, -0.2) is 60.7 Å². The molecule has 39 heavy (non-hydrogen) atoms. The Bertz CT molecular complexity index is 1710. The van der Waals surface area contributed by atoms with Gasteiger partial charge >= 0.3 is 0 Å². The van der Waals surface area contributed by atoms with E-state index in [1.165, 1.54) is 12.4 Å². The predicted molar refractivity (Wildman–Crippen MR) is 147 cm³/mol. The molecule has 0 spiro atoms. The fourth-order valence-corrected chi connectivity index (χ4v) is 6.16. The van der Waals surface area contributed by atoms with Crippen molar-refractivity contribution >= 4 is 38.4 Å². The Morgan fingerprint density at radius 1 is 1.15 bits per heavy atom. The average molecular weight is 547 g/mol. The van der Waals surface area contributed by atoms with E-state index in [0.717, 1.165) is 33.9 Å². The molecule has 1 saturated carbocycles. The Hall–Kier alpha value is -4.05. The van der Waals surface area contributed by atoms with Crippen LogP contribution >= 0.6 is 0 Å². The minimum atomic E-state index is -3.46. The van der Waals surface area contributed by atoms with E-state index in [4.69, 9.17) is 5.10 Å². The van der Waals surface area contributed by atoms with Crippen LogP contribution in [0.5, 0.6) is 0 Å². The number of anilines is 3. The van der Waals surface area contributed by atoms with Crippen molar-refractivity contribution in [3.63, 3.8) is 0 Å². The minimum Gasteiger partial charge on any atom is -0.354 e. The first-order valence-electron chi connectivity index (χ1n) is 13.0. The Morgan fingerprint density at radius 3 is 2.62 bits per heavy atom. The van der Waals surface area contributed by atoms with Crippen LogP contribution in [-0.2, 0) is 10.0 Å². The van der Waals surface area contributed by atoms with Crippen LogP contribution in [0.2, 0.25) is 0 Å². The van der Waals surface area contributed by atoms with Crippen molar-refractivity contribution in [3.8, 4) is 17.5 Å². The Morgan fingerprint density at radius 2 is 1.92 bits per heavy atom. The van der Waals surface area contributed by atoms with Crippen molar-refractivity contribution in [3.05, 3.63) is 36.9 Å². The van der Waals surface area contributed by atoms with Crippen molar-refractivity contribution in [2.24, 2.45) is 11.3 Å². The number of fused-ring (bicyclic) bond motifs is 1. The van der Waals surface area contributed by atoms with Gasteiger partial charge in [-0.15, -0.1) is 0 Å². The molecule has 0 bridgehead atoms. The summed E-state index contributed by atoms with van der Waals surface area (Å²) in [6, 6.07) is 6.23. The van der Waals surface area contributed by atoms with Gasteiger partial charge in [-0.25, -0.2) is 23.4 Å². The van der Waals surface area contributed by atoms with Gasteiger partial charge in [0.25, 0.3) is 10.0 Å². The highest BCUT2D eigenvalue weighted by atomic mass is 32.2. The summed E-state index contributed by atoms with van der Waals surface area (Å²) in [6.45, 7) is 9.71. The Labute approximate surface area is 226 Å². The fourth-order valence-electron chi connectivity index (χ4n) is 4.69. The summed E-state index contributed by atoms with van der Waals surface area (Å²) >= 11 is 0. The molecule has 2 fully saturated rings. The number of hydrogen-bond acceptors (Lipinski definition) is 10. The molecule has 0 unspecified atom stereocenters. The van der Waals surface area contributed by atoms with E-state index < -0.39 is 10.0 Å². The van der Waals surface area contributed by atoms with E-state index in [1.54, 1.807) is 12.3 Å². The van der Waals surface area contributed by atoms with E-state index in [2.05, 4.69) is 50.2 Å². The van der Waals surface area contributed by atoms with Crippen molar-refractivity contribution in [2.45, 2.75) is 51.8 Å². The van der Waals surface area contributed by atoms with Gasteiger partial charge in [0.1, 0.15) is 11.6 Å². The van der Waals surface area contributed by atoms with Gasteiger partial charge in [-0.3, -0.25) is 4.68 Å². The first-order chi connectivity index (χ1) is 18.6. The second kappa shape index (κ2) is 9.01. The summed E-state index contributed by atoms with van der Waals surface area (Å²) < 4.78 is 28.0. The molecule has 12 nitrogen and oxygen atoms in total. The quantitative estimate of drug-likeness (QED) is 0.346. The van der Waals surface area contributed by atoms with E-state index >= 15 is 0 Å². The highest BCUT2D eigenvalue weighted by Crippen LogP contribution is 2.39. The van der Waals surface area contributed by atoms with Gasteiger partial charge in [-0.2, -0.15) is 19.5 Å². The molecule has 0 aromatic carbocycles. The zero-order valence-electron chi connectivity index (χ0n) is 22.3. The minimum absolute atomic E-state index is 0.137. The largest absolute Gasteiger partial charge is 0.354 e. The monoisotopic (exact) mass is 546 g/mol. The molecular weight excluding hydrogens is 516 g/mol. The molecule has 4 aromatic heterocycles. The van der Waals surface area contributed by atoms with Crippen LogP contribution in [0.1, 0.15) is 46.6 Å². The van der Waals surface area contributed by atoms with Gasteiger partial charge < -0.3 is 10.2 Å². The smallest absolute Gasteiger partial charge is 0.256 e. The molecular formula is C26H30N10O2S. The standard InChI is InChI=1S/C26H30N10O2S/c1-16(2)36-21-9-23(29-11-20(21)25(33-36)34-13-18(14-34)26(3,4)15-27)31-22-7-8-28-24(32-22)17-10-30-35(12-17)39(37,38)19-5-6-19/h7-12,16,18-19H,5-6,13-14H2,1-4H3,(H,28,29,31,32). The van der Waals surface area contributed by atoms with Crippen LogP contribution < -0.4 is 10.2 Å². The van der Waals surface area contributed by atoms with Gasteiger partial charge in [0.2, 0.25) is 0 Å². The Balaban J connectivity index is 1.25. The van der Waals surface area contributed by atoms with Crippen LogP contribution in [0.4, 0.5) is 17.5 Å². The number of pyridine rings is 1. The number of nitrogens with zero attached hydrogens (tertiary/aromatic N) is 9. The average Bonchev–Trinajstić information content (AvgIpc) is 3.51. The van der Waals surface area contributed by atoms with Crippen LogP contribution in [0, 0.1) is 22.7 Å². The van der Waals surface area contributed by atoms with Crippen molar-refractivity contribution < 1.29 is 8.42 Å². The molecule has 13 heteroatoms. The number of aromatic nitrogens is 7. The summed E-state index contributed by atoms with van der Waals surface area (Å²) in [5, 5.41) is 22.3. The molecule has 1 saturated heterocycles. The maximum absolute atomic E-state index is 12.5. The van der Waals surface area contributed by atoms with E-state index in [1.807, 2.05) is 30.8 Å². The van der Waals surface area contributed by atoms with Gasteiger partial charge in [0.05, 0.1) is 45.6 Å². The molecule has 0 atom stereocenters. The second-order valence-electron chi connectivity index (χ2n) is 11.1. The molecule has 1 aliphatic carbocycles. The molecule has 6 rings (SSSR count). The van der Waals surface area contributed by atoms with Gasteiger partial charge in [-0.1, -0.05) is 0 Å². The molecule has 2 aliphatic rings. The fraction of sp³-hybridized carbons (Fsp3) is 0.462. The van der Waals surface area contributed by atoms with E-state index in [9.17, 15) is 13.7 Å². The maximum atomic E-state index is 12.5. The summed E-state index contributed by atoms with van der Waals surface area (Å²) in [5.41, 5.74) is 1.09. The predicted octanol–water partition coefficient (Wildman–Crippen LogP) is 3.74. The third kappa shape index (κ3) is 4.48. The Kier molecular flexibility index (Phi) is 5.83. The lowest BCUT2D eigenvalue weighted by molar-refractivity contribution is 0.237. The van der Waals surface area contributed by atoms with Crippen LogP contribution in [0.25, 0.3) is 22.3 Å². The lowest BCUT2D eigenvalue weighted by Gasteiger charge is -2.45. The highest BCUT2D eigenvalue weighted by Gasteiger charge is 2.41. The van der Waals surface area contributed by atoms with Crippen molar-refractivity contribution in [1.29, 1.82) is 5.26 Å². The first kappa shape index (κ1) is 25.2. The van der Waals surface area contributed by atoms with Crippen molar-refractivity contribution in [1.82, 2.24) is 33.9 Å². The summed E-state index contributed by atoms with van der Waals surface area (Å²) in [4.78, 5) is 15.7. The topological polar surface area (TPSA) is 148 Å². The van der Waals surface area contributed by atoms with Crippen LogP contribution in [0.15, 0.2) is 36.9 Å². The third-order valence-electron chi connectivity index (χ3n) is 7.49. The highest BCUT2D eigenvalue weighted by molar-refractivity contribution is 7.90. The summed E-state index contributed by atoms with van der Waals surface area (Å²) in [5.74, 6) is 2.65. The van der Waals surface area contributed by atoms with E-state index in [0.29, 0.717) is 41.8 Å². The van der Waals surface area contributed by atoms with Crippen LogP contribution in [0.3, 0.4) is 0 Å². The third-order valence-corrected chi connectivity index (χ3v) is 9.52. The van der Waals surface area contributed by atoms with Crippen molar-refractivity contribution in [2.75, 3.05) is 23.3 Å². The molecule has 0 radical (unpaired) electrons. The molecule has 0 amide bonds. The van der Waals surface area contributed by atoms with Gasteiger partial charge in [-0.05, 0) is 46.6 Å². The number of nitriles is 1. The summed E-state index contributed by atoms with van der Waals surface area (Å²) in [6.07, 6.45) is 7.67. The first-order valence-corrected chi connectivity index (χ1v) is 14.5. The molecule has 1 N–H and O–H groups in total. The second-order valence-corrected chi connectivity index (χ2v) is 13.2. The van der Waals surface area contributed by atoms with E-state index in [-0.39, 0.29) is 16.7 Å².